The molecule has 2 aromatic heterocycles. The maximum absolute atomic E-state index is 12.1. The van der Waals surface area contributed by atoms with Gasteiger partial charge in [0, 0.05) is 22.8 Å². The number of carbonyl (C=O) groups is 1. The van der Waals surface area contributed by atoms with E-state index in [9.17, 15) is 9.59 Å². The van der Waals surface area contributed by atoms with Gasteiger partial charge >= 0.3 is 0 Å². The fourth-order valence-corrected chi connectivity index (χ4v) is 2.79. The molecule has 128 valence electrons. The van der Waals surface area contributed by atoms with Crippen LogP contribution in [0.25, 0.3) is 10.9 Å². The second kappa shape index (κ2) is 7.17. The Morgan fingerprint density at radius 3 is 2.88 bits per heavy atom. The normalized spacial score (nSPS) is 10.6. The van der Waals surface area contributed by atoms with E-state index in [2.05, 4.69) is 15.3 Å². The molecule has 2 heterocycles. The lowest BCUT2D eigenvalue weighted by Gasteiger charge is -2.10. The third-order valence-electron chi connectivity index (χ3n) is 4.04. The Morgan fingerprint density at radius 2 is 2.16 bits per heavy atom. The number of aryl methyl sites for hydroxylation is 1. The van der Waals surface area contributed by atoms with E-state index in [-0.39, 0.29) is 18.1 Å². The summed E-state index contributed by atoms with van der Waals surface area (Å²) in [5, 5.41) is 3.74. The molecular formula is C19H19N3O3. The first kappa shape index (κ1) is 16.7. The maximum atomic E-state index is 12.1. The van der Waals surface area contributed by atoms with Gasteiger partial charge in [-0.2, -0.15) is 0 Å². The van der Waals surface area contributed by atoms with Gasteiger partial charge in [-0.1, -0.05) is 13.0 Å². The predicted molar refractivity (Wildman–Crippen MR) is 97.0 cm³/mol. The van der Waals surface area contributed by atoms with E-state index in [1.807, 2.05) is 26.0 Å². The summed E-state index contributed by atoms with van der Waals surface area (Å²) in [7, 11) is 0. The van der Waals surface area contributed by atoms with E-state index < -0.39 is 0 Å². The Hall–Kier alpha value is -3.15. The van der Waals surface area contributed by atoms with Crippen molar-refractivity contribution in [3.63, 3.8) is 0 Å². The molecule has 0 atom stereocenters. The molecule has 0 fully saturated rings. The average molecular weight is 337 g/mol. The molecule has 0 aliphatic carbocycles. The third-order valence-corrected chi connectivity index (χ3v) is 4.04. The number of anilines is 1. The van der Waals surface area contributed by atoms with Crippen molar-refractivity contribution < 1.29 is 9.53 Å². The van der Waals surface area contributed by atoms with Crippen LogP contribution in [0.3, 0.4) is 0 Å². The quantitative estimate of drug-likeness (QED) is 0.750. The van der Waals surface area contributed by atoms with Gasteiger partial charge in [0.15, 0.2) is 6.61 Å². The minimum absolute atomic E-state index is 0.0871. The highest BCUT2D eigenvalue weighted by molar-refractivity contribution is 5.95. The second-order valence-corrected chi connectivity index (χ2v) is 5.70. The molecule has 0 aliphatic rings. The zero-order chi connectivity index (χ0) is 17.8. The van der Waals surface area contributed by atoms with E-state index in [4.69, 9.17) is 4.74 Å². The Labute approximate surface area is 144 Å². The molecule has 6 nitrogen and oxygen atoms in total. The van der Waals surface area contributed by atoms with Crippen LogP contribution in [0.15, 0.2) is 47.5 Å². The number of ether oxygens (including phenoxy) is 1. The first-order chi connectivity index (χ1) is 12.1. The van der Waals surface area contributed by atoms with Crippen molar-refractivity contribution >= 4 is 22.5 Å². The van der Waals surface area contributed by atoms with E-state index in [0.717, 1.165) is 16.5 Å². The van der Waals surface area contributed by atoms with Gasteiger partial charge in [-0.05, 0) is 43.2 Å². The number of aromatic nitrogens is 2. The molecule has 0 bridgehead atoms. The van der Waals surface area contributed by atoms with Crippen LogP contribution in [0.1, 0.15) is 18.1 Å². The highest BCUT2D eigenvalue weighted by Gasteiger charge is 2.09. The Bertz CT molecular complexity index is 965. The topological polar surface area (TPSA) is 84.1 Å². The number of fused-ring (bicyclic) bond motifs is 1. The SMILES string of the molecule is CCc1c(C)c2ccc(NC(=O)COc3cccnc3)cc2[nH]c1=O. The summed E-state index contributed by atoms with van der Waals surface area (Å²) < 4.78 is 5.36. The highest BCUT2D eigenvalue weighted by atomic mass is 16.5. The Morgan fingerprint density at radius 1 is 1.32 bits per heavy atom. The summed E-state index contributed by atoms with van der Waals surface area (Å²) in [5.74, 6) is 0.246. The van der Waals surface area contributed by atoms with Gasteiger partial charge < -0.3 is 15.0 Å². The summed E-state index contributed by atoms with van der Waals surface area (Å²) in [6.07, 6.45) is 3.86. The summed E-state index contributed by atoms with van der Waals surface area (Å²) in [5.41, 5.74) is 2.97. The second-order valence-electron chi connectivity index (χ2n) is 5.70. The Balaban J connectivity index is 1.75. The highest BCUT2D eigenvalue weighted by Crippen LogP contribution is 2.21. The number of amides is 1. The molecule has 0 saturated heterocycles. The lowest BCUT2D eigenvalue weighted by atomic mass is 10.0. The lowest BCUT2D eigenvalue weighted by Crippen LogP contribution is -2.20. The number of pyridine rings is 2. The van der Waals surface area contributed by atoms with E-state index in [0.29, 0.717) is 23.4 Å². The van der Waals surface area contributed by atoms with Crippen molar-refractivity contribution in [1.82, 2.24) is 9.97 Å². The fourth-order valence-electron chi connectivity index (χ4n) is 2.79. The molecule has 6 heteroatoms. The van der Waals surface area contributed by atoms with Gasteiger partial charge in [-0.25, -0.2) is 0 Å². The van der Waals surface area contributed by atoms with Gasteiger partial charge in [0.2, 0.25) is 0 Å². The molecule has 2 N–H and O–H groups in total. The molecule has 1 aromatic carbocycles. The van der Waals surface area contributed by atoms with Crippen LogP contribution >= 0.6 is 0 Å². The molecule has 1 amide bonds. The first-order valence-electron chi connectivity index (χ1n) is 8.06. The average Bonchev–Trinajstić information content (AvgIpc) is 2.61. The Kier molecular flexibility index (Phi) is 4.79. The molecule has 0 saturated carbocycles. The third kappa shape index (κ3) is 3.68. The van der Waals surface area contributed by atoms with Crippen LogP contribution in [0, 0.1) is 6.92 Å². The number of nitrogens with zero attached hydrogens (tertiary/aromatic N) is 1. The number of aromatic amines is 1. The molecule has 0 radical (unpaired) electrons. The van der Waals surface area contributed by atoms with Gasteiger partial charge in [0.1, 0.15) is 5.75 Å². The molecule has 0 unspecified atom stereocenters. The van der Waals surface area contributed by atoms with Crippen LogP contribution in [0.5, 0.6) is 5.75 Å². The van der Waals surface area contributed by atoms with Crippen LogP contribution in [-0.2, 0) is 11.2 Å². The van der Waals surface area contributed by atoms with Crippen molar-refractivity contribution in [1.29, 1.82) is 0 Å². The minimum atomic E-state index is -0.285. The summed E-state index contributed by atoms with van der Waals surface area (Å²) in [6.45, 7) is 3.78. The number of H-pyrrole nitrogens is 1. The van der Waals surface area contributed by atoms with E-state index in [1.54, 1.807) is 30.6 Å². The lowest BCUT2D eigenvalue weighted by molar-refractivity contribution is -0.118. The predicted octanol–water partition coefficient (Wildman–Crippen LogP) is 2.81. The van der Waals surface area contributed by atoms with Crippen molar-refractivity contribution in [3.8, 4) is 5.75 Å². The van der Waals surface area contributed by atoms with Gasteiger partial charge in [0.25, 0.3) is 11.5 Å². The van der Waals surface area contributed by atoms with Crippen LogP contribution in [0.2, 0.25) is 0 Å². The maximum Gasteiger partial charge on any atom is 0.262 e. The number of hydrogen-bond donors (Lipinski definition) is 2. The van der Waals surface area contributed by atoms with Crippen LogP contribution in [-0.4, -0.2) is 22.5 Å². The number of rotatable bonds is 5. The van der Waals surface area contributed by atoms with E-state index >= 15 is 0 Å². The molecule has 0 spiro atoms. The van der Waals surface area contributed by atoms with Crippen molar-refractivity contribution in [2.24, 2.45) is 0 Å². The summed E-state index contributed by atoms with van der Waals surface area (Å²) >= 11 is 0. The fraction of sp³-hybridized carbons (Fsp3) is 0.211. The molecule has 0 aliphatic heterocycles. The standard InChI is InChI=1S/C19H19N3O3/c1-3-15-12(2)16-7-6-13(9-17(16)22-19(15)24)21-18(23)11-25-14-5-4-8-20-10-14/h4-10H,3,11H2,1-2H3,(H,21,23)(H,22,24). The van der Waals surface area contributed by atoms with Gasteiger partial charge in [0.05, 0.1) is 11.7 Å². The zero-order valence-corrected chi connectivity index (χ0v) is 14.1. The largest absolute Gasteiger partial charge is 0.482 e. The van der Waals surface area contributed by atoms with Crippen molar-refractivity contribution in [2.45, 2.75) is 20.3 Å². The van der Waals surface area contributed by atoms with Gasteiger partial charge in [-0.15, -0.1) is 0 Å². The van der Waals surface area contributed by atoms with Crippen LogP contribution in [0.4, 0.5) is 5.69 Å². The molecule has 3 rings (SSSR count). The summed E-state index contributed by atoms with van der Waals surface area (Å²) in [4.78, 5) is 30.9. The number of hydrogen-bond acceptors (Lipinski definition) is 4. The number of nitrogens with one attached hydrogen (secondary N) is 2. The molecular weight excluding hydrogens is 318 g/mol. The van der Waals surface area contributed by atoms with Crippen molar-refractivity contribution in [3.05, 3.63) is 64.2 Å². The van der Waals surface area contributed by atoms with E-state index in [1.165, 1.54) is 0 Å². The number of carbonyl (C=O) groups excluding carboxylic acids is 1. The smallest absolute Gasteiger partial charge is 0.262 e. The van der Waals surface area contributed by atoms with Gasteiger partial charge in [-0.3, -0.25) is 14.6 Å². The molecule has 3 aromatic rings. The summed E-state index contributed by atoms with van der Waals surface area (Å²) in [6, 6.07) is 8.94. The first-order valence-corrected chi connectivity index (χ1v) is 8.06. The minimum Gasteiger partial charge on any atom is -0.482 e. The zero-order valence-electron chi connectivity index (χ0n) is 14.1. The van der Waals surface area contributed by atoms with Crippen LogP contribution < -0.4 is 15.6 Å². The molecule has 25 heavy (non-hydrogen) atoms. The monoisotopic (exact) mass is 337 g/mol. The number of benzene rings is 1. The van der Waals surface area contributed by atoms with Crippen molar-refractivity contribution in [2.75, 3.05) is 11.9 Å².